The Morgan fingerprint density at radius 3 is 2.46 bits per heavy atom. The summed E-state index contributed by atoms with van der Waals surface area (Å²) in [7, 11) is 0. The van der Waals surface area contributed by atoms with Crippen molar-refractivity contribution in [2.75, 3.05) is 23.3 Å². The zero-order valence-corrected chi connectivity index (χ0v) is 14.4. The highest BCUT2D eigenvalue weighted by molar-refractivity contribution is 5.95. The Morgan fingerprint density at radius 1 is 1.12 bits per heavy atom. The van der Waals surface area contributed by atoms with Gasteiger partial charge in [0.25, 0.3) is 0 Å². The molecule has 0 aliphatic carbocycles. The zero-order chi connectivity index (χ0) is 18.4. The van der Waals surface area contributed by atoms with Crippen LogP contribution in [0.25, 0.3) is 0 Å². The van der Waals surface area contributed by atoms with E-state index in [1.807, 2.05) is 24.3 Å². The number of benzene rings is 2. The SMILES string of the molecule is N#Cc1ccc(NCC(=O)NCc2ccc(N3CCCC3=O)cc2)cc1. The van der Waals surface area contributed by atoms with Crippen LogP contribution in [-0.4, -0.2) is 24.9 Å². The van der Waals surface area contributed by atoms with Gasteiger partial charge in [-0.2, -0.15) is 5.26 Å². The summed E-state index contributed by atoms with van der Waals surface area (Å²) in [6.45, 7) is 1.37. The summed E-state index contributed by atoms with van der Waals surface area (Å²) in [4.78, 5) is 25.5. The van der Waals surface area contributed by atoms with Gasteiger partial charge in [0.15, 0.2) is 0 Å². The van der Waals surface area contributed by atoms with E-state index in [9.17, 15) is 9.59 Å². The van der Waals surface area contributed by atoms with Crippen molar-refractivity contribution in [1.82, 2.24) is 5.32 Å². The Kier molecular flexibility index (Phi) is 5.49. The van der Waals surface area contributed by atoms with E-state index in [0.29, 0.717) is 18.5 Å². The minimum atomic E-state index is -0.117. The van der Waals surface area contributed by atoms with Gasteiger partial charge in [-0.05, 0) is 48.4 Å². The summed E-state index contributed by atoms with van der Waals surface area (Å²) in [5.74, 6) is 0.0492. The van der Waals surface area contributed by atoms with Gasteiger partial charge < -0.3 is 15.5 Å². The van der Waals surface area contributed by atoms with Gasteiger partial charge in [0, 0.05) is 30.9 Å². The van der Waals surface area contributed by atoms with Gasteiger partial charge in [-0.15, -0.1) is 0 Å². The Bertz CT molecular complexity index is 822. The first-order chi connectivity index (χ1) is 12.7. The molecule has 3 rings (SSSR count). The maximum absolute atomic E-state index is 12.0. The predicted molar refractivity (Wildman–Crippen MR) is 99.5 cm³/mol. The van der Waals surface area contributed by atoms with E-state index < -0.39 is 0 Å². The van der Waals surface area contributed by atoms with Gasteiger partial charge >= 0.3 is 0 Å². The van der Waals surface area contributed by atoms with Crippen molar-refractivity contribution in [2.45, 2.75) is 19.4 Å². The molecule has 0 aromatic heterocycles. The van der Waals surface area contributed by atoms with Crippen LogP contribution in [0, 0.1) is 11.3 Å². The van der Waals surface area contributed by atoms with Crippen LogP contribution in [0.15, 0.2) is 48.5 Å². The molecule has 26 heavy (non-hydrogen) atoms. The molecule has 1 aliphatic rings. The maximum atomic E-state index is 12.0. The van der Waals surface area contributed by atoms with Gasteiger partial charge in [0.1, 0.15) is 0 Å². The molecule has 0 bridgehead atoms. The van der Waals surface area contributed by atoms with E-state index in [4.69, 9.17) is 5.26 Å². The topological polar surface area (TPSA) is 85.2 Å². The average Bonchev–Trinajstić information content (AvgIpc) is 3.11. The van der Waals surface area contributed by atoms with E-state index in [2.05, 4.69) is 16.7 Å². The van der Waals surface area contributed by atoms with Crippen LogP contribution in [0.5, 0.6) is 0 Å². The smallest absolute Gasteiger partial charge is 0.239 e. The van der Waals surface area contributed by atoms with Gasteiger partial charge in [-0.25, -0.2) is 0 Å². The lowest BCUT2D eigenvalue weighted by Crippen LogP contribution is -2.29. The molecule has 0 unspecified atom stereocenters. The highest BCUT2D eigenvalue weighted by Crippen LogP contribution is 2.21. The third kappa shape index (κ3) is 4.39. The number of nitriles is 1. The number of nitrogens with zero attached hydrogens (tertiary/aromatic N) is 2. The standard InChI is InChI=1S/C20H20N4O2/c21-12-15-3-7-17(8-4-15)22-14-19(25)23-13-16-5-9-18(10-6-16)24-11-1-2-20(24)26/h3-10,22H,1-2,11,13-14H2,(H,23,25). The van der Waals surface area contributed by atoms with E-state index >= 15 is 0 Å². The molecule has 2 aromatic rings. The number of rotatable bonds is 6. The molecule has 0 atom stereocenters. The van der Waals surface area contributed by atoms with Crippen molar-refractivity contribution in [2.24, 2.45) is 0 Å². The molecule has 1 fully saturated rings. The van der Waals surface area contributed by atoms with Crippen molar-refractivity contribution in [3.05, 3.63) is 59.7 Å². The molecule has 6 heteroatoms. The first-order valence-corrected chi connectivity index (χ1v) is 8.56. The first kappa shape index (κ1) is 17.5. The van der Waals surface area contributed by atoms with Crippen molar-refractivity contribution >= 4 is 23.2 Å². The highest BCUT2D eigenvalue weighted by Gasteiger charge is 2.21. The van der Waals surface area contributed by atoms with Crippen molar-refractivity contribution < 1.29 is 9.59 Å². The number of nitrogens with one attached hydrogen (secondary N) is 2. The number of anilines is 2. The molecule has 6 nitrogen and oxygen atoms in total. The second-order valence-electron chi connectivity index (χ2n) is 6.13. The maximum Gasteiger partial charge on any atom is 0.239 e. The third-order valence-corrected chi connectivity index (χ3v) is 4.28. The number of hydrogen-bond acceptors (Lipinski definition) is 4. The number of carbonyl (C=O) groups excluding carboxylic acids is 2. The molecule has 1 heterocycles. The van der Waals surface area contributed by atoms with E-state index in [1.54, 1.807) is 29.2 Å². The summed E-state index contributed by atoms with van der Waals surface area (Å²) in [6, 6.07) is 16.7. The van der Waals surface area contributed by atoms with Crippen LogP contribution in [0.1, 0.15) is 24.0 Å². The van der Waals surface area contributed by atoms with Crippen LogP contribution in [-0.2, 0) is 16.1 Å². The lowest BCUT2D eigenvalue weighted by molar-refractivity contribution is -0.119. The van der Waals surface area contributed by atoms with Gasteiger partial charge in [0.2, 0.25) is 11.8 Å². The monoisotopic (exact) mass is 348 g/mol. The lowest BCUT2D eigenvalue weighted by Gasteiger charge is -2.16. The van der Waals surface area contributed by atoms with Crippen LogP contribution in [0.3, 0.4) is 0 Å². The minimum Gasteiger partial charge on any atom is -0.376 e. The Morgan fingerprint density at radius 2 is 1.85 bits per heavy atom. The van der Waals surface area contributed by atoms with E-state index in [0.717, 1.165) is 29.9 Å². The second-order valence-corrected chi connectivity index (χ2v) is 6.13. The summed E-state index contributed by atoms with van der Waals surface area (Å²) < 4.78 is 0. The van der Waals surface area contributed by atoms with E-state index in [-0.39, 0.29) is 18.4 Å². The molecule has 1 saturated heterocycles. The Hall–Kier alpha value is -3.33. The molecule has 132 valence electrons. The van der Waals surface area contributed by atoms with Crippen molar-refractivity contribution in [1.29, 1.82) is 5.26 Å². The first-order valence-electron chi connectivity index (χ1n) is 8.56. The van der Waals surface area contributed by atoms with Gasteiger partial charge in [-0.3, -0.25) is 9.59 Å². The molecule has 2 amide bonds. The third-order valence-electron chi connectivity index (χ3n) is 4.28. The van der Waals surface area contributed by atoms with Crippen LogP contribution >= 0.6 is 0 Å². The zero-order valence-electron chi connectivity index (χ0n) is 14.4. The molecular formula is C20H20N4O2. The quantitative estimate of drug-likeness (QED) is 0.839. The summed E-state index contributed by atoms with van der Waals surface area (Å²) in [5, 5.41) is 14.6. The molecular weight excluding hydrogens is 328 g/mol. The molecule has 0 saturated carbocycles. The normalized spacial score (nSPS) is 13.3. The Labute approximate surface area is 152 Å². The van der Waals surface area contributed by atoms with E-state index in [1.165, 1.54) is 0 Å². The van der Waals surface area contributed by atoms with Crippen molar-refractivity contribution in [3.63, 3.8) is 0 Å². The predicted octanol–water partition coefficient (Wildman–Crippen LogP) is 2.41. The van der Waals surface area contributed by atoms with Gasteiger partial charge in [0.05, 0.1) is 18.2 Å². The van der Waals surface area contributed by atoms with Crippen LogP contribution in [0.4, 0.5) is 11.4 Å². The fraction of sp³-hybridized carbons (Fsp3) is 0.250. The van der Waals surface area contributed by atoms with Gasteiger partial charge in [-0.1, -0.05) is 12.1 Å². The highest BCUT2D eigenvalue weighted by atomic mass is 16.2. The lowest BCUT2D eigenvalue weighted by atomic mass is 10.2. The summed E-state index contributed by atoms with van der Waals surface area (Å²) >= 11 is 0. The molecule has 0 spiro atoms. The fourth-order valence-electron chi connectivity index (χ4n) is 2.82. The second kappa shape index (κ2) is 8.17. The molecule has 1 aliphatic heterocycles. The van der Waals surface area contributed by atoms with Crippen LogP contribution in [0.2, 0.25) is 0 Å². The molecule has 0 radical (unpaired) electrons. The molecule has 2 aromatic carbocycles. The molecule has 2 N–H and O–H groups in total. The fourth-order valence-corrected chi connectivity index (χ4v) is 2.82. The Balaban J connectivity index is 1.45. The number of hydrogen-bond donors (Lipinski definition) is 2. The van der Waals surface area contributed by atoms with Crippen LogP contribution < -0.4 is 15.5 Å². The minimum absolute atomic E-state index is 0.117. The van der Waals surface area contributed by atoms with Crippen molar-refractivity contribution in [3.8, 4) is 6.07 Å². The summed E-state index contributed by atoms with van der Waals surface area (Å²) in [6.07, 6.45) is 1.52. The number of carbonyl (C=O) groups is 2. The number of amides is 2. The largest absolute Gasteiger partial charge is 0.376 e. The average molecular weight is 348 g/mol. The summed E-state index contributed by atoms with van der Waals surface area (Å²) in [5.41, 5.74) is 3.26.